The van der Waals surface area contributed by atoms with Crippen LogP contribution in [0.25, 0.3) is 0 Å². The van der Waals surface area contributed by atoms with Crippen LogP contribution in [0.2, 0.25) is 5.02 Å². The van der Waals surface area contributed by atoms with Gasteiger partial charge in [0, 0.05) is 18.1 Å². The zero-order chi connectivity index (χ0) is 14.5. The maximum atomic E-state index is 12.1. The van der Waals surface area contributed by atoms with E-state index in [0.29, 0.717) is 21.6 Å². The van der Waals surface area contributed by atoms with Crippen molar-refractivity contribution in [2.45, 2.75) is 17.3 Å². The third-order valence-electron chi connectivity index (χ3n) is 2.55. The molecule has 0 saturated carbocycles. The molecule has 1 unspecified atom stereocenters. The first kappa shape index (κ1) is 14.7. The third-order valence-corrected chi connectivity index (χ3v) is 3.86. The van der Waals surface area contributed by atoms with Gasteiger partial charge in [-0.05, 0) is 25.1 Å². The van der Waals surface area contributed by atoms with E-state index >= 15 is 0 Å². The molecular formula is C13H14ClN3O2S. The van der Waals surface area contributed by atoms with Gasteiger partial charge in [-0.3, -0.25) is 4.79 Å². The molecule has 0 saturated heterocycles. The fraction of sp³-hybridized carbons (Fsp3) is 0.231. The molecule has 1 atom stereocenters. The zero-order valence-electron chi connectivity index (χ0n) is 11.0. The number of hydrogen-bond acceptors (Lipinski definition) is 4. The zero-order valence-corrected chi connectivity index (χ0v) is 12.6. The van der Waals surface area contributed by atoms with Gasteiger partial charge in [0.25, 0.3) is 0 Å². The molecule has 20 heavy (non-hydrogen) atoms. The maximum absolute atomic E-state index is 12.1. The van der Waals surface area contributed by atoms with E-state index in [9.17, 15) is 4.79 Å². The fourth-order valence-electron chi connectivity index (χ4n) is 1.52. The molecule has 2 aromatic rings. The van der Waals surface area contributed by atoms with E-state index in [4.69, 9.17) is 16.3 Å². The summed E-state index contributed by atoms with van der Waals surface area (Å²) >= 11 is 7.36. The summed E-state index contributed by atoms with van der Waals surface area (Å²) in [5.41, 5.74) is 0.632. The first-order valence-corrected chi connectivity index (χ1v) is 7.16. The number of rotatable bonds is 5. The van der Waals surface area contributed by atoms with Crippen LogP contribution in [-0.4, -0.2) is 28.2 Å². The number of aromatic nitrogens is 2. The fourth-order valence-corrected chi connectivity index (χ4v) is 2.54. The topological polar surface area (TPSA) is 67.0 Å². The minimum atomic E-state index is -0.276. The number of imidazole rings is 1. The molecule has 0 fully saturated rings. The van der Waals surface area contributed by atoms with Crippen LogP contribution in [0, 0.1) is 0 Å². The van der Waals surface area contributed by atoms with E-state index in [1.165, 1.54) is 11.8 Å². The third kappa shape index (κ3) is 3.68. The first-order chi connectivity index (χ1) is 9.60. The Labute approximate surface area is 126 Å². The molecule has 0 spiro atoms. The van der Waals surface area contributed by atoms with Crippen LogP contribution in [0.15, 0.2) is 35.7 Å². The summed E-state index contributed by atoms with van der Waals surface area (Å²) in [5, 5.41) is 3.69. The average Bonchev–Trinajstić information content (AvgIpc) is 2.91. The van der Waals surface area contributed by atoms with Gasteiger partial charge in [0.15, 0.2) is 5.16 Å². The normalized spacial score (nSPS) is 11.9. The van der Waals surface area contributed by atoms with E-state index in [0.717, 1.165) is 0 Å². The number of methoxy groups -OCH3 is 1. The Kier molecular flexibility index (Phi) is 4.92. The van der Waals surface area contributed by atoms with E-state index in [-0.39, 0.29) is 11.2 Å². The van der Waals surface area contributed by atoms with Crippen LogP contribution in [0.4, 0.5) is 5.69 Å². The molecule has 106 valence electrons. The molecule has 0 aliphatic carbocycles. The highest BCUT2D eigenvalue weighted by Gasteiger charge is 2.16. The van der Waals surface area contributed by atoms with Crippen molar-refractivity contribution in [3.63, 3.8) is 0 Å². The highest BCUT2D eigenvalue weighted by Crippen LogP contribution is 2.28. The van der Waals surface area contributed by atoms with Gasteiger partial charge >= 0.3 is 0 Å². The number of benzene rings is 1. The molecule has 5 nitrogen and oxygen atoms in total. The van der Waals surface area contributed by atoms with Crippen molar-refractivity contribution in [2.24, 2.45) is 0 Å². The van der Waals surface area contributed by atoms with Crippen molar-refractivity contribution >= 4 is 35.0 Å². The summed E-state index contributed by atoms with van der Waals surface area (Å²) in [4.78, 5) is 19.1. The quantitative estimate of drug-likeness (QED) is 0.832. The number of amides is 1. The monoisotopic (exact) mass is 311 g/mol. The minimum absolute atomic E-state index is 0.118. The average molecular weight is 312 g/mol. The lowest BCUT2D eigenvalue weighted by Gasteiger charge is -2.11. The molecule has 1 heterocycles. The van der Waals surface area contributed by atoms with Crippen LogP contribution < -0.4 is 10.1 Å². The highest BCUT2D eigenvalue weighted by molar-refractivity contribution is 8.00. The van der Waals surface area contributed by atoms with Gasteiger partial charge in [-0.2, -0.15) is 0 Å². The van der Waals surface area contributed by atoms with Gasteiger partial charge in [-0.1, -0.05) is 23.4 Å². The highest BCUT2D eigenvalue weighted by atomic mass is 35.5. The Balaban J connectivity index is 1.98. The van der Waals surface area contributed by atoms with Crippen LogP contribution >= 0.6 is 23.4 Å². The second-order valence-corrected chi connectivity index (χ2v) is 5.73. The second-order valence-electron chi connectivity index (χ2n) is 3.99. The summed E-state index contributed by atoms with van der Waals surface area (Å²) < 4.78 is 5.06. The lowest BCUT2D eigenvalue weighted by atomic mass is 10.3. The summed E-state index contributed by atoms with van der Waals surface area (Å²) in [6, 6.07) is 5.11. The van der Waals surface area contributed by atoms with Crippen LogP contribution in [0.1, 0.15) is 6.92 Å². The number of hydrogen-bond donors (Lipinski definition) is 2. The number of nitrogens with zero attached hydrogens (tertiary/aromatic N) is 1. The van der Waals surface area contributed by atoms with E-state index in [1.54, 1.807) is 37.7 Å². The van der Waals surface area contributed by atoms with Crippen molar-refractivity contribution in [3.05, 3.63) is 35.6 Å². The van der Waals surface area contributed by atoms with Crippen molar-refractivity contribution in [3.8, 4) is 5.75 Å². The number of nitrogens with one attached hydrogen (secondary N) is 2. The lowest BCUT2D eigenvalue weighted by Crippen LogP contribution is -2.22. The number of ether oxygens (including phenoxy) is 1. The van der Waals surface area contributed by atoms with Crippen molar-refractivity contribution < 1.29 is 9.53 Å². The van der Waals surface area contributed by atoms with Crippen molar-refractivity contribution in [1.29, 1.82) is 0 Å². The number of H-pyrrole nitrogens is 1. The van der Waals surface area contributed by atoms with Gasteiger partial charge in [0.05, 0.1) is 17.4 Å². The molecule has 2 rings (SSSR count). The number of anilines is 1. The number of aromatic amines is 1. The predicted molar refractivity (Wildman–Crippen MR) is 80.5 cm³/mol. The number of carbonyl (C=O) groups excluding carboxylic acids is 1. The first-order valence-electron chi connectivity index (χ1n) is 5.90. The molecule has 0 aliphatic rings. The van der Waals surface area contributed by atoms with Crippen molar-refractivity contribution in [2.75, 3.05) is 12.4 Å². The van der Waals surface area contributed by atoms with Gasteiger partial charge in [0.2, 0.25) is 5.91 Å². The molecular weight excluding hydrogens is 298 g/mol. The smallest absolute Gasteiger partial charge is 0.237 e. The standard InChI is InChI=1S/C13H14ClN3O2S/c1-8(20-13-15-5-6-16-13)12(18)17-9-3-4-11(19-2)10(14)7-9/h3-8H,1-2H3,(H,15,16)(H,17,18). The lowest BCUT2D eigenvalue weighted by molar-refractivity contribution is -0.115. The molecule has 7 heteroatoms. The summed E-state index contributed by atoms with van der Waals surface area (Å²) in [6.07, 6.45) is 3.37. The van der Waals surface area contributed by atoms with Crippen molar-refractivity contribution in [1.82, 2.24) is 9.97 Å². The molecule has 0 radical (unpaired) electrons. The van der Waals surface area contributed by atoms with Gasteiger partial charge in [0.1, 0.15) is 5.75 Å². The molecule has 0 aliphatic heterocycles. The molecule has 1 aromatic carbocycles. The number of halogens is 1. The molecule has 2 N–H and O–H groups in total. The number of carbonyl (C=O) groups is 1. The second kappa shape index (κ2) is 6.67. The molecule has 1 aromatic heterocycles. The number of thioether (sulfide) groups is 1. The van der Waals surface area contributed by atoms with Crippen LogP contribution in [0.5, 0.6) is 5.75 Å². The van der Waals surface area contributed by atoms with Gasteiger partial charge < -0.3 is 15.0 Å². The Morgan fingerprint density at radius 1 is 1.55 bits per heavy atom. The Bertz CT molecular complexity index is 589. The summed E-state index contributed by atoms with van der Waals surface area (Å²) in [6.45, 7) is 1.81. The SMILES string of the molecule is COc1ccc(NC(=O)C(C)Sc2ncc[nH]2)cc1Cl. The molecule has 1 amide bonds. The van der Waals surface area contributed by atoms with Crippen LogP contribution in [-0.2, 0) is 4.79 Å². The maximum Gasteiger partial charge on any atom is 0.237 e. The molecule has 0 bridgehead atoms. The van der Waals surface area contributed by atoms with Gasteiger partial charge in [-0.25, -0.2) is 4.98 Å². The van der Waals surface area contributed by atoms with E-state index < -0.39 is 0 Å². The Morgan fingerprint density at radius 3 is 2.95 bits per heavy atom. The largest absolute Gasteiger partial charge is 0.495 e. The van der Waals surface area contributed by atoms with Crippen LogP contribution in [0.3, 0.4) is 0 Å². The summed E-state index contributed by atoms with van der Waals surface area (Å²) in [7, 11) is 1.54. The van der Waals surface area contributed by atoms with Gasteiger partial charge in [-0.15, -0.1) is 0 Å². The summed E-state index contributed by atoms with van der Waals surface area (Å²) in [5.74, 6) is 0.454. The van der Waals surface area contributed by atoms with E-state index in [2.05, 4.69) is 15.3 Å². The Hall–Kier alpha value is -1.66. The minimum Gasteiger partial charge on any atom is -0.495 e. The van der Waals surface area contributed by atoms with E-state index in [1.807, 2.05) is 6.92 Å². The predicted octanol–water partition coefficient (Wildman–Crippen LogP) is 3.19. The Morgan fingerprint density at radius 2 is 2.35 bits per heavy atom.